The maximum atomic E-state index is 5.13. The van der Waals surface area contributed by atoms with Gasteiger partial charge in [-0.3, -0.25) is 0 Å². The molecule has 0 spiro atoms. The molecule has 2 nitrogen and oxygen atoms in total. The van der Waals surface area contributed by atoms with Gasteiger partial charge in [-0.1, -0.05) is 145 Å². The maximum Gasteiger partial charge on any atom is 0.0973 e. The molecule has 8 rings (SSSR count). The van der Waals surface area contributed by atoms with Gasteiger partial charge in [-0.05, 0) is 82.9 Å². The van der Waals surface area contributed by atoms with Gasteiger partial charge < -0.3 is 0 Å². The zero-order valence-corrected chi connectivity index (χ0v) is 27.2. The lowest BCUT2D eigenvalue weighted by molar-refractivity contribution is 1.29. The number of nitrogens with zero attached hydrogens (tertiary/aromatic N) is 2. The van der Waals surface area contributed by atoms with E-state index in [2.05, 4.69) is 145 Å². The Bertz CT molecular complexity index is 2380. The summed E-state index contributed by atoms with van der Waals surface area (Å²) >= 11 is 0. The van der Waals surface area contributed by atoms with Gasteiger partial charge >= 0.3 is 0 Å². The van der Waals surface area contributed by atoms with Gasteiger partial charge in [0.2, 0.25) is 0 Å². The van der Waals surface area contributed by atoms with Gasteiger partial charge in [-0.25, -0.2) is 9.97 Å². The van der Waals surface area contributed by atoms with Gasteiger partial charge in [-0.15, -0.1) is 0 Å². The Morgan fingerprint density at radius 2 is 0.600 bits per heavy atom. The molecule has 0 unspecified atom stereocenters. The summed E-state index contributed by atoms with van der Waals surface area (Å²) in [6.07, 6.45) is 0. The number of para-hydroxylation sites is 2. The average molecular weight is 635 g/mol. The molecule has 0 aliphatic carbocycles. The Labute approximate surface area is 292 Å². The summed E-state index contributed by atoms with van der Waals surface area (Å²) in [4.78, 5) is 10.3. The molecule has 1 heterocycles. The topological polar surface area (TPSA) is 25.8 Å². The average Bonchev–Trinajstić information content (AvgIpc) is 3.20. The third-order valence-electron chi connectivity index (χ3n) is 8.53. The molecule has 0 atom stereocenters. The van der Waals surface area contributed by atoms with E-state index in [0.29, 0.717) is 0 Å². The molecule has 0 saturated heterocycles. The SMILES string of the molecule is C(#Cc1cccc(-c2nc3ccccc3nc2-c2cccc(C#Cc3ccc(-c4ccccc4)cc3)c2)c1)c1ccc(-c2ccccc2)cc1. The number of rotatable bonds is 4. The van der Waals surface area contributed by atoms with E-state index in [1.54, 1.807) is 0 Å². The maximum absolute atomic E-state index is 5.13. The van der Waals surface area contributed by atoms with Crippen LogP contribution in [0.5, 0.6) is 0 Å². The van der Waals surface area contributed by atoms with Gasteiger partial charge in [0.05, 0.1) is 22.4 Å². The molecular weight excluding hydrogens is 605 g/mol. The fourth-order valence-corrected chi connectivity index (χ4v) is 5.93. The second kappa shape index (κ2) is 14.0. The summed E-state index contributed by atoms with van der Waals surface area (Å²) in [7, 11) is 0. The molecule has 50 heavy (non-hydrogen) atoms. The number of aromatic nitrogens is 2. The van der Waals surface area contributed by atoms with Crippen LogP contribution in [0.1, 0.15) is 22.3 Å². The summed E-state index contributed by atoms with van der Waals surface area (Å²) < 4.78 is 0. The number of fused-ring (bicyclic) bond motifs is 1. The van der Waals surface area contributed by atoms with Crippen molar-refractivity contribution in [1.29, 1.82) is 0 Å². The van der Waals surface area contributed by atoms with Crippen molar-refractivity contribution in [2.75, 3.05) is 0 Å². The van der Waals surface area contributed by atoms with E-state index >= 15 is 0 Å². The van der Waals surface area contributed by atoms with Crippen LogP contribution in [-0.4, -0.2) is 9.97 Å². The second-order valence-electron chi connectivity index (χ2n) is 12.0. The van der Waals surface area contributed by atoms with Crippen LogP contribution in [0, 0.1) is 23.7 Å². The minimum absolute atomic E-state index is 0.807. The molecule has 0 bridgehead atoms. The lowest BCUT2D eigenvalue weighted by atomic mass is 10.00. The van der Waals surface area contributed by atoms with Crippen LogP contribution in [0.15, 0.2) is 182 Å². The van der Waals surface area contributed by atoms with E-state index in [1.807, 2.05) is 60.7 Å². The standard InChI is InChI=1S/C48H30N2/c1-3-13-39(14-4-1)41-29-25-35(26-30-41)21-23-37-11-9-17-43(33-37)47-48(50-46-20-8-7-19-45(46)49-47)44-18-10-12-38(34-44)24-22-36-27-31-42(32-28-36)40-15-5-2-6-16-40/h1-20,25-34H. The lowest BCUT2D eigenvalue weighted by Gasteiger charge is -2.11. The molecule has 232 valence electrons. The third kappa shape index (κ3) is 6.83. The Hall–Kier alpha value is -7.00. The largest absolute Gasteiger partial charge is 0.244 e. The van der Waals surface area contributed by atoms with E-state index in [4.69, 9.17) is 9.97 Å². The first-order valence-corrected chi connectivity index (χ1v) is 16.6. The molecule has 0 fully saturated rings. The molecule has 8 aromatic rings. The van der Waals surface area contributed by atoms with Crippen molar-refractivity contribution in [3.8, 4) is 68.5 Å². The minimum atomic E-state index is 0.807. The Morgan fingerprint density at radius 1 is 0.260 bits per heavy atom. The molecule has 0 saturated carbocycles. The van der Waals surface area contributed by atoms with Gasteiger partial charge in [0.15, 0.2) is 0 Å². The van der Waals surface area contributed by atoms with E-state index in [0.717, 1.165) is 55.8 Å². The third-order valence-corrected chi connectivity index (χ3v) is 8.53. The smallest absolute Gasteiger partial charge is 0.0973 e. The number of benzene rings is 7. The second-order valence-corrected chi connectivity index (χ2v) is 12.0. The highest BCUT2D eigenvalue weighted by atomic mass is 14.8. The highest BCUT2D eigenvalue weighted by molar-refractivity contribution is 5.86. The van der Waals surface area contributed by atoms with Crippen molar-refractivity contribution in [2.45, 2.75) is 0 Å². The van der Waals surface area contributed by atoms with Crippen molar-refractivity contribution in [3.05, 3.63) is 204 Å². The zero-order chi connectivity index (χ0) is 33.5. The summed E-state index contributed by atoms with van der Waals surface area (Å²) in [5.41, 5.74) is 13.7. The first kappa shape index (κ1) is 30.3. The quantitative estimate of drug-likeness (QED) is 0.180. The summed E-state index contributed by atoms with van der Waals surface area (Å²) in [5.74, 6) is 13.4. The molecule has 2 heteroatoms. The van der Waals surface area contributed by atoms with Crippen LogP contribution in [0.2, 0.25) is 0 Å². The summed E-state index contributed by atoms with van der Waals surface area (Å²) in [6, 6.07) is 62.0. The monoisotopic (exact) mass is 634 g/mol. The first-order valence-electron chi connectivity index (χ1n) is 16.6. The van der Waals surface area contributed by atoms with Crippen molar-refractivity contribution in [2.24, 2.45) is 0 Å². The fourth-order valence-electron chi connectivity index (χ4n) is 5.93. The Kier molecular flexibility index (Phi) is 8.50. The highest BCUT2D eigenvalue weighted by Gasteiger charge is 2.14. The van der Waals surface area contributed by atoms with Crippen LogP contribution in [0.25, 0.3) is 55.8 Å². The Balaban J connectivity index is 1.10. The lowest BCUT2D eigenvalue weighted by Crippen LogP contribution is -1.96. The molecule has 0 aliphatic heterocycles. The Morgan fingerprint density at radius 3 is 1.02 bits per heavy atom. The zero-order valence-electron chi connectivity index (χ0n) is 27.2. The summed E-state index contributed by atoms with van der Waals surface area (Å²) in [6.45, 7) is 0. The highest BCUT2D eigenvalue weighted by Crippen LogP contribution is 2.32. The van der Waals surface area contributed by atoms with Crippen LogP contribution in [-0.2, 0) is 0 Å². The molecule has 0 radical (unpaired) electrons. The first-order chi connectivity index (χ1) is 24.7. The van der Waals surface area contributed by atoms with E-state index in [-0.39, 0.29) is 0 Å². The number of hydrogen-bond donors (Lipinski definition) is 0. The van der Waals surface area contributed by atoms with Gasteiger partial charge in [0.1, 0.15) is 0 Å². The molecule has 1 aromatic heterocycles. The molecule has 0 amide bonds. The van der Waals surface area contributed by atoms with E-state index in [1.165, 1.54) is 22.3 Å². The molecule has 0 N–H and O–H groups in total. The molecular formula is C48H30N2. The van der Waals surface area contributed by atoms with Crippen LogP contribution < -0.4 is 0 Å². The predicted molar refractivity (Wildman–Crippen MR) is 206 cm³/mol. The fraction of sp³-hybridized carbons (Fsp3) is 0. The van der Waals surface area contributed by atoms with Crippen molar-refractivity contribution >= 4 is 11.0 Å². The van der Waals surface area contributed by atoms with E-state index in [9.17, 15) is 0 Å². The van der Waals surface area contributed by atoms with Crippen LogP contribution >= 0.6 is 0 Å². The van der Waals surface area contributed by atoms with Crippen molar-refractivity contribution in [3.63, 3.8) is 0 Å². The summed E-state index contributed by atoms with van der Waals surface area (Å²) in [5, 5.41) is 0. The minimum Gasteiger partial charge on any atom is -0.244 e. The molecule has 7 aromatic carbocycles. The van der Waals surface area contributed by atoms with Crippen LogP contribution in [0.4, 0.5) is 0 Å². The predicted octanol–water partition coefficient (Wildman–Crippen LogP) is 11.1. The normalized spacial score (nSPS) is 10.5. The number of hydrogen-bond acceptors (Lipinski definition) is 2. The van der Waals surface area contributed by atoms with Gasteiger partial charge in [0.25, 0.3) is 0 Å². The van der Waals surface area contributed by atoms with Crippen molar-refractivity contribution < 1.29 is 0 Å². The van der Waals surface area contributed by atoms with Gasteiger partial charge in [-0.2, -0.15) is 0 Å². The molecule has 0 aliphatic rings. The van der Waals surface area contributed by atoms with Gasteiger partial charge in [0, 0.05) is 33.4 Å². The van der Waals surface area contributed by atoms with Crippen molar-refractivity contribution in [1.82, 2.24) is 9.97 Å². The van der Waals surface area contributed by atoms with E-state index < -0.39 is 0 Å². The van der Waals surface area contributed by atoms with Crippen LogP contribution in [0.3, 0.4) is 0 Å².